The molecule has 0 unspecified atom stereocenters. The second kappa shape index (κ2) is 11.1. The summed E-state index contributed by atoms with van der Waals surface area (Å²) in [4.78, 5) is 24.2. The van der Waals surface area contributed by atoms with Crippen LogP contribution in [0.4, 0.5) is 10.1 Å². The standard InChI is InChI=1S/C25H20FN3O3/c26-21-8-10-22(11-9-21)29-24(30)17-32-23-12-6-18(7-13-23)14-20(15-27)25(31)28-16-19-4-2-1-3-5-19/h1-14H,16-17H2,(H,28,31)(H,29,30)/b20-14+. The van der Waals surface area contributed by atoms with Crippen molar-refractivity contribution in [3.05, 3.63) is 101 Å². The van der Waals surface area contributed by atoms with Gasteiger partial charge in [-0.25, -0.2) is 4.39 Å². The number of halogens is 1. The van der Waals surface area contributed by atoms with Crippen molar-refractivity contribution in [3.63, 3.8) is 0 Å². The van der Waals surface area contributed by atoms with Crippen LogP contribution in [0, 0.1) is 17.1 Å². The van der Waals surface area contributed by atoms with E-state index in [0.29, 0.717) is 23.5 Å². The fourth-order valence-corrected chi connectivity index (χ4v) is 2.73. The summed E-state index contributed by atoms with van der Waals surface area (Å²) >= 11 is 0. The number of nitrogens with zero attached hydrogens (tertiary/aromatic N) is 1. The third-order valence-corrected chi connectivity index (χ3v) is 4.35. The monoisotopic (exact) mass is 429 g/mol. The highest BCUT2D eigenvalue weighted by molar-refractivity contribution is 6.01. The molecule has 32 heavy (non-hydrogen) atoms. The van der Waals surface area contributed by atoms with E-state index in [4.69, 9.17) is 4.74 Å². The summed E-state index contributed by atoms with van der Waals surface area (Å²) in [6.07, 6.45) is 1.48. The van der Waals surface area contributed by atoms with Crippen molar-refractivity contribution in [2.24, 2.45) is 0 Å². The molecule has 6 nitrogen and oxygen atoms in total. The fourth-order valence-electron chi connectivity index (χ4n) is 2.73. The second-order valence-corrected chi connectivity index (χ2v) is 6.75. The van der Waals surface area contributed by atoms with Crippen molar-refractivity contribution in [2.75, 3.05) is 11.9 Å². The minimum absolute atomic E-state index is 0.0201. The van der Waals surface area contributed by atoms with Gasteiger partial charge in [-0.15, -0.1) is 0 Å². The first-order valence-electron chi connectivity index (χ1n) is 9.76. The average Bonchev–Trinajstić information content (AvgIpc) is 2.82. The fraction of sp³-hybridized carbons (Fsp3) is 0.0800. The topological polar surface area (TPSA) is 91.2 Å². The largest absolute Gasteiger partial charge is 0.484 e. The maximum absolute atomic E-state index is 12.9. The molecule has 3 rings (SSSR count). The first kappa shape index (κ1) is 22.2. The van der Waals surface area contributed by atoms with E-state index in [9.17, 15) is 19.2 Å². The van der Waals surface area contributed by atoms with Crippen LogP contribution in [0.1, 0.15) is 11.1 Å². The Labute approximate surface area is 185 Å². The minimum Gasteiger partial charge on any atom is -0.484 e. The van der Waals surface area contributed by atoms with Gasteiger partial charge < -0.3 is 15.4 Å². The summed E-state index contributed by atoms with van der Waals surface area (Å²) in [6, 6.07) is 23.3. The predicted octanol–water partition coefficient (Wildman–Crippen LogP) is 4.07. The van der Waals surface area contributed by atoms with E-state index in [2.05, 4.69) is 10.6 Å². The Bertz CT molecular complexity index is 1140. The molecule has 0 aliphatic rings. The number of rotatable bonds is 8. The summed E-state index contributed by atoms with van der Waals surface area (Å²) in [7, 11) is 0. The molecular weight excluding hydrogens is 409 g/mol. The molecule has 0 fully saturated rings. The Morgan fingerprint density at radius 2 is 1.66 bits per heavy atom. The predicted molar refractivity (Wildman–Crippen MR) is 119 cm³/mol. The van der Waals surface area contributed by atoms with Crippen molar-refractivity contribution in [1.29, 1.82) is 5.26 Å². The lowest BCUT2D eigenvalue weighted by Gasteiger charge is -2.08. The normalized spacial score (nSPS) is 10.7. The molecular formula is C25H20FN3O3. The molecule has 0 aliphatic heterocycles. The van der Waals surface area contributed by atoms with Crippen LogP contribution in [-0.2, 0) is 16.1 Å². The molecule has 7 heteroatoms. The van der Waals surface area contributed by atoms with Gasteiger partial charge in [-0.1, -0.05) is 42.5 Å². The average molecular weight is 429 g/mol. The number of amides is 2. The number of ether oxygens (including phenoxy) is 1. The number of hydrogen-bond acceptors (Lipinski definition) is 4. The van der Waals surface area contributed by atoms with Gasteiger partial charge in [0.05, 0.1) is 0 Å². The number of nitriles is 1. The molecule has 2 amide bonds. The molecule has 3 aromatic carbocycles. The summed E-state index contributed by atoms with van der Waals surface area (Å²) in [5.74, 6) is -0.790. The van der Waals surface area contributed by atoms with Crippen LogP contribution >= 0.6 is 0 Å². The van der Waals surface area contributed by atoms with Crippen molar-refractivity contribution in [1.82, 2.24) is 5.32 Å². The number of carbonyl (C=O) groups excluding carboxylic acids is 2. The lowest BCUT2D eigenvalue weighted by Crippen LogP contribution is -2.23. The molecule has 3 aromatic rings. The van der Waals surface area contributed by atoms with Gasteiger partial charge in [0, 0.05) is 12.2 Å². The highest BCUT2D eigenvalue weighted by Crippen LogP contribution is 2.15. The molecule has 0 saturated carbocycles. The van der Waals surface area contributed by atoms with E-state index in [1.54, 1.807) is 24.3 Å². The lowest BCUT2D eigenvalue weighted by atomic mass is 10.1. The second-order valence-electron chi connectivity index (χ2n) is 6.75. The number of hydrogen-bond donors (Lipinski definition) is 2. The van der Waals surface area contributed by atoms with Gasteiger partial charge >= 0.3 is 0 Å². The quantitative estimate of drug-likeness (QED) is 0.417. The van der Waals surface area contributed by atoms with Crippen molar-refractivity contribution < 1.29 is 18.7 Å². The smallest absolute Gasteiger partial charge is 0.262 e. The molecule has 0 radical (unpaired) electrons. The van der Waals surface area contributed by atoms with E-state index in [1.807, 2.05) is 36.4 Å². The van der Waals surface area contributed by atoms with E-state index >= 15 is 0 Å². The molecule has 0 saturated heterocycles. The molecule has 0 spiro atoms. The molecule has 0 aliphatic carbocycles. The third-order valence-electron chi connectivity index (χ3n) is 4.35. The van der Waals surface area contributed by atoms with Crippen molar-refractivity contribution >= 4 is 23.6 Å². The van der Waals surface area contributed by atoms with E-state index in [-0.39, 0.29) is 23.9 Å². The highest BCUT2D eigenvalue weighted by atomic mass is 19.1. The van der Waals surface area contributed by atoms with Gasteiger partial charge in [-0.2, -0.15) is 5.26 Å². The van der Waals surface area contributed by atoms with Gasteiger partial charge in [0.15, 0.2) is 6.61 Å². The first-order chi connectivity index (χ1) is 15.5. The van der Waals surface area contributed by atoms with Gasteiger partial charge in [-0.3, -0.25) is 9.59 Å². The maximum atomic E-state index is 12.9. The molecule has 0 atom stereocenters. The van der Waals surface area contributed by atoms with Gasteiger partial charge in [0.25, 0.3) is 11.8 Å². The molecule has 0 aromatic heterocycles. The SMILES string of the molecule is N#C/C(=C\c1ccc(OCC(=O)Nc2ccc(F)cc2)cc1)C(=O)NCc1ccccc1. The zero-order chi connectivity index (χ0) is 22.8. The summed E-state index contributed by atoms with van der Waals surface area (Å²) in [6.45, 7) is 0.101. The lowest BCUT2D eigenvalue weighted by molar-refractivity contribution is -0.118. The van der Waals surface area contributed by atoms with Crippen LogP contribution < -0.4 is 15.4 Å². The summed E-state index contributed by atoms with van der Waals surface area (Å²) < 4.78 is 18.3. The Morgan fingerprint density at radius 3 is 2.31 bits per heavy atom. The van der Waals surface area contributed by atoms with Crippen LogP contribution in [0.25, 0.3) is 6.08 Å². The third kappa shape index (κ3) is 6.82. The van der Waals surface area contributed by atoms with Crippen LogP contribution in [-0.4, -0.2) is 18.4 Å². The zero-order valence-electron chi connectivity index (χ0n) is 17.0. The van der Waals surface area contributed by atoms with Crippen molar-refractivity contribution in [3.8, 4) is 11.8 Å². The first-order valence-corrected chi connectivity index (χ1v) is 9.76. The number of benzene rings is 3. The molecule has 160 valence electrons. The van der Waals surface area contributed by atoms with Crippen LogP contribution in [0.15, 0.2) is 84.4 Å². The van der Waals surface area contributed by atoms with Gasteiger partial charge in [0.2, 0.25) is 0 Å². The van der Waals surface area contributed by atoms with Gasteiger partial charge in [0.1, 0.15) is 23.2 Å². The molecule has 0 bridgehead atoms. The Hall–Kier alpha value is -4.44. The van der Waals surface area contributed by atoms with Crippen LogP contribution in [0.5, 0.6) is 5.75 Å². The van der Waals surface area contributed by atoms with Crippen LogP contribution in [0.3, 0.4) is 0 Å². The number of carbonyl (C=O) groups is 2. The minimum atomic E-state index is -0.464. The van der Waals surface area contributed by atoms with E-state index in [0.717, 1.165) is 5.56 Å². The molecule has 0 heterocycles. The summed E-state index contributed by atoms with van der Waals surface area (Å²) in [5, 5.41) is 14.6. The number of nitrogens with one attached hydrogen (secondary N) is 2. The van der Waals surface area contributed by atoms with E-state index < -0.39 is 5.91 Å². The Morgan fingerprint density at radius 1 is 0.969 bits per heavy atom. The molecule has 2 N–H and O–H groups in total. The van der Waals surface area contributed by atoms with Crippen molar-refractivity contribution in [2.45, 2.75) is 6.54 Å². The Balaban J connectivity index is 1.52. The Kier molecular flexibility index (Phi) is 7.71. The number of anilines is 1. The van der Waals surface area contributed by atoms with Crippen LogP contribution in [0.2, 0.25) is 0 Å². The zero-order valence-corrected chi connectivity index (χ0v) is 17.0. The maximum Gasteiger partial charge on any atom is 0.262 e. The van der Waals surface area contributed by atoms with E-state index in [1.165, 1.54) is 30.3 Å². The van der Waals surface area contributed by atoms with Gasteiger partial charge in [-0.05, 0) is 53.6 Å². The highest BCUT2D eigenvalue weighted by Gasteiger charge is 2.09. The summed E-state index contributed by atoms with van der Waals surface area (Å²) in [5.41, 5.74) is 2.02.